The SMILES string of the molecule is CCc1ccc2cnn(C)c2c1NS(=O)c1ccc(-c2ccc(C(=O)OC)c(Cl)c2)nc1. The first-order valence-corrected chi connectivity index (χ1v) is 11.4. The van der Waals surface area contributed by atoms with Gasteiger partial charge in [-0.25, -0.2) is 9.00 Å². The maximum atomic E-state index is 13.1. The molecule has 9 heteroatoms. The number of pyridine rings is 1. The van der Waals surface area contributed by atoms with E-state index in [0.717, 1.165) is 34.1 Å². The molecule has 0 aliphatic rings. The van der Waals surface area contributed by atoms with E-state index in [-0.39, 0.29) is 10.6 Å². The Labute approximate surface area is 193 Å². The number of carbonyl (C=O) groups excluding carboxylic acids is 1. The fraction of sp³-hybridized carbons (Fsp3) is 0.174. The van der Waals surface area contributed by atoms with E-state index in [2.05, 4.69) is 21.7 Å². The number of methoxy groups -OCH3 is 1. The smallest absolute Gasteiger partial charge is 0.339 e. The Morgan fingerprint density at radius 1 is 1.19 bits per heavy atom. The molecule has 0 bridgehead atoms. The van der Waals surface area contributed by atoms with E-state index in [0.29, 0.717) is 10.6 Å². The predicted molar refractivity (Wildman–Crippen MR) is 126 cm³/mol. The third kappa shape index (κ3) is 4.11. The van der Waals surface area contributed by atoms with Gasteiger partial charge in [0.2, 0.25) is 0 Å². The highest BCUT2D eigenvalue weighted by atomic mass is 35.5. The lowest BCUT2D eigenvalue weighted by Crippen LogP contribution is -2.09. The summed E-state index contributed by atoms with van der Waals surface area (Å²) in [5.74, 6) is -0.499. The first kappa shape index (κ1) is 22.0. The topological polar surface area (TPSA) is 86.1 Å². The number of halogens is 1. The zero-order valence-electron chi connectivity index (χ0n) is 17.8. The van der Waals surface area contributed by atoms with Crippen LogP contribution in [0.1, 0.15) is 22.8 Å². The van der Waals surface area contributed by atoms with Crippen LogP contribution in [0.15, 0.2) is 59.8 Å². The van der Waals surface area contributed by atoms with Crippen molar-refractivity contribution in [3.05, 3.63) is 71.0 Å². The zero-order chi connectivity index (χ0) is 22.8. The number of hydrogen-bond acceptors (Lipinski definition) is 5. The lowest BCUT2D eigenvalue weighted by molar-refractivity contribution is 0.0601. The zero-order valence-corrected chi connectivity index (χ0v) is 19.3. The molecule has 2 heterocycles. The first-order chi connectivity index (χ1) is 15.4. The van der Waals surface area contributed by atoms with Gasteiger partial charge in [0, 0.05) is 24.2 Å². The molecule has 4 aromatic rings. The van der Waals surface area contributed by atoms with Crippen LogP contribution in [0.2, 0.25) is 5.02 Å². The predicted octanol–water partition coefficient (Wildman–Crippen LogP) is 4.77. The molecule has 164 valence electrons. The highest BCUT2D eigenvalue weighted by Gasteiger charge is 2.15. The van der Waals surface area contributed by atoms with E-state index in [1.807, 2.05) is 19.2 Å². The summed E-state index contributed by atoms with van der Waals surface area (Å²) < 4.78 is 22.7. The van der Waals surface area contributed by atoms with E-state index in [9.17, 15) is 9.00 Å². The third-order valence-electron chi connectivity index (χ3n) is 5.19. The van der Waals surface area contributed by atoms with Crippen molar-refractivity contribution in [1.82, 2.24) is 14.8 Å². The minimum atomic E-state index is -1.52. The molecule has 0 aliphatic heterocycles. The molecular formula is C23H21ClN4O3S. The molecule has 0 fully saturated rings. The van der Waals surface area contributed by atoms with Crippen LogP contribution >= 0.6 is 11.6 Å². The molecule has 0 aliphatic carbocycles. The maximum Gasteiger partial charge on any atom is 0.339 e. The fourth-order valence-corrected chi connectivity index (χ4v) is 4.61. The Morgan fingerprint density at radius 2 is 2.00 bits per heavy atom. The van der Waals surface area contributed by atoms with Crippen molar-refractivity contribution in [2.45, 2.75) is 18.2 Å². The highest BCUT2D eigenvalue weighted by molar-refractivity contribution is 7.86. The molecule has 2 aromatic heterocycles. The minimum absolute atomic E-state index is 0.279. The molecule has 0 amide bonds. The number of benzene rings is 2. The van der Waals surface area contributed by atoms with Crippen molar-refractivity contribution >= 4 is 45.1 Å². The monoisotopic (exact) mass is 468 g/mol. The average molecular weight is 469 g/mol. The molecule has 0 spiro atoms. The van der Waals surface area contributed by atoms with Crippen LogP contribution in [-0.2, 0) is 29.2 Å². The molecule has 32 heavy (non-hydrogen) atoms. The van der Waals surface area contributed by atoms with Crippen LogP contribution in [0.25, 0.3) is 22.2 Å². The number of hydrogen-bond donors (Lipinski definition) is 1. The van der Waals surface area contributed by atoms with Gasteiger partial charge in [-0.3, -0.25) is 14.4 Å². The number of nitrogens with one attached hydrogen (secondary N) is 1. The van der Waals surface area contributed by atoms with Crippen molar-refractivity contribution < 1.29 is 13.7 Å². The molecule has 2 aromatic carbocycles. The summed E-state index contributed by atoms with van der Waals surface area (Å²) >= 11 is 6.21. The van der Waals surface area contributed by atoms with Gasteiger partial charge in [0.15, 0.2) is 11.0 Å². The summed E-state index contributed by atoms with van der Waals surface area (Å²) in [4.78, 5) is 16.7. The number of carbonyl (C=O) groups is 1. The number of esters is 1. The van der Waals surface area contributed by atoms with Gasteiger partial charge in [0.25, 0.3) is 0 Å². The van der Waals surface area contributed by atoms with Crippen LogP contribution in [-0.4, -0.2) is 32.1 Å². The van der Waals surface area contributed by atoms with Crippen molar-refractivity contribution in [2.24, 2.45) is 7.05 Å². The van der Waals surface area contributed by atoms with Crippen LogP contribution in [0.4, 0.5) is 5.69 Å². The van der Waals surface area contributed by atoms with Gasteiger partial charge in [-0.15, -0.1) is 0 Å². The number of aryl methyl sites for hydroxylation is 2. The van der Waals surface area contributed by atoms with Gasteiger partial charge in [-0.05, 0) is 36.2 Å². The largest absolute Gasteiger partial charge is 0.465 e. The van der Waals surface area contributed by atoms with Gasteiger partial charge < -0.3 is 4.74 Å². The van der Waals surface area contributed by atoms with Gasteiger partial charge in [-0.2, -0.15) is 5.10 Å². The number of ether oxygens (including phenoxy) is 1. The summed E-state index contributed by atoms with van der Waals surface area (Å²) in [6.45, 7) is 2.05. The molecule has 1 N–H and O–H groups in total. The average Bonchev–Trinajstić information content (AvgIpc) is 3.19. The summed E-state index contributed by atoms with van der Waals surface area (Å²) in [5.41, 5.74) is 4.43. The summed E-state index contributed by atoms with van der Waals surface area (Å²) in [6, 6.07) is 12.6. The second kappa shape index (κ2) is 9.10. The molecule has 7 nitrogen and oxygen atoms in total. The molecule has 4 rings (SSSR count). The van der Waals surface area contributed by atoms with Crippen molar-refractivity contribution in [3.63, 3.8) is 0 Å². The maximum absolute atomic E-state index is 13.1. The van der Waals surface area contributed by atoms with E-state index < -0.39 is 17.0 Å². The van der Waals surface area contributed by atoms with E-state index in [4.69, 9.17) is 16.3 Å². The summed E-state index contributed by atoms with van der Waals surface area (Å²) in [6.07, 6.45) is 4.14. The van der Waals surface area contributed by atoms with Crippen LogP contribution in [0, 0.1) is 0 Å². The number of nitrogens with zero attached hydrogens (tertiary/aromatic N) is 3. The number of anilines is 1. The first-order valence-electron chi connectivity index (χ1n) is 9.89. The molecule has 0 saturated heterocycles. The Hall–Kier alpha value is -3.23. The lowest BCUT2D eigenvalue weighted by Gasteiger charge is -2.13. The van der Waals surface area contributed by atoms with E-state index >= 15 is 0 Å². The summed E-state index contributed by atoms with van der Waals surface area (Å²) in [7, 11) is 1.65. The summed E-state index contributed by atoms with van der Waals surface area (Å²) in [5, 5.41) is 5.57. The van der Waals surface area contributed by atoms with Crippen LogP contribution < -0.4 is 4.72 Å². The fourth-order valence-electron chi connectivity index (χ4n) is 3.48. The number of rotatable bonds is 6. The molecule has 1 atom stereocenters. The Bertz CT molecular complexity index is 1340. The number of aromatic nitrogens is 3. The molecule has 0 radical (unpaired) electrons. The normalized spacial score (nSPS) is 12.0. The van der Waals surface area contributed by atoms with Gasteiger partial charge in [0.05, 0.1) is 45.7 Å². The number of fused-ring (bicyclic) bond motifs is 1. The Morgan fingerprint density at radius 3 is 2.66 bits per heavy atom. The van der Waals surface area contributed by atoms with Crippen LogP contribution in [0.3, 0.4) is 0 Å². The van der Waals surface area contributed by atoms with E-state index in [1.54, 1.807) is 47.4 Å². The van der Waals surface area contributed by atoms with E-state index in [1.165, 1.54) is 7.11 Å². The van der Waals surface area contributed by atoms with Gasteiger partial charge in [0.1, 0.15) is 0 Å². The molecular weight excluding hydrogens is 448 g/mol. The van der Waals surface area contributed by atoms with Crippen molar-refractivity contribution in [3.8, 4) is 11.3 Å². The van der Waals surface area contributed by atoms with Crippen molar-refractivity contribution in [1.29, 1.82) is 0 Å². The quantitative estimate of drug-likeness (QED) is 0.412. The van der Waals surface area contributed by atoms with Crippen LogP contribution in [0.5, 0.6) is 0 Å². The van der Waals surface area contributed by atoms with Gasteiger partial charge in [-0.1, -0.05) is 36.7 Å². The Balaban J connectivity index is 1.60. The third-order valence-corrected chi connectivity index (χ3v) is 6.56. The second-order valence-corrected chi connectivity index (χ2v) is 8.72. The molecule has 0 saturated carbocycles. The van der Waals surface area contributed by atoms with Crippen molar-refractivity contribution in [2.75, 3.05) is 11.8 Å². The minimum Gasteiger partial charge on any atom is -0.465 e. The standard InChI is InChI=1S/C23H21ClN4O3S/c1-4-14-5-6-16-12-26-28(2)22(16)21(14)27-32(30)17-8-10-20(25-13-17)15-7-9-18(19(24)11-15)23(29)31-3/h5-13,27H,4H2,1-3H3. The van der Waals surface area contributed by atoms with Gasteiger partial charge >= 0.3 is 5.97 Å². The molecule has 1 unspecified atom stereocenters. The lowest BCUT2D eigenvalue weighted by atomic mass is 10.1. The highest BCUT2D eigenvalue weighted by Crippen LogP contribution is 2.30. The second-order valence-electron chi connectivity index (χ2n) is 7.10. The Kier molecular flexibility index (Phi) is 6.25.